The van der Waals surface area contributed by atoms with E-state index in [4.69, 9.17) is 9.47 Å². The largest absolute Gasteiger partial charge is 0.486 e. The maximum Gasteiger partial charge on any atom is 0.163 e. The van der Waals surface area contributed by atoms with Gasteiger partial charge in [-0.3, -0.25) is 0 Å². The molecule has 1 aromatic carbocycles. The van der Waals surface area contributed by atoms with Crippen LogP contribution in [0.5, 0.6) is 11.5 Å². The summed E-state index contributed by atoms with van der Waals surface area (Å²) in [5.41, 5.74) is 2.21. The topological polar surface area (TPSA) is 48.3 Å². The van der Waals surface area contributed by atoms with Gasteiger partial charge < -0.3 is 19.4 Å². The zero-order valence-electron chi connectivity index (χ0n) is 11.5. The number of hydrogen-bond donors (Lipinski definition) is 1. The minimum atomic E-state index is 0.600. The Kier molecular flexibility index (Phi) is 3.25. The van der Waals surface area contributed by atoms with Crippen LogP contribution < -0.4 is 14.8 Å². The number of nitrogens with one attached hydrogen (secondary N) is 1. The zero-order valence-corrected chi connectivity index (χ0v) is 13.1. The summed E-state index contributed by atoms with van der Waals surface area (Å²) in [6.07, 6.45) is 6.37. The number of benzene rings is 1. The van der Waals surface area contributed by atoms with Crippen LogP contribution in [0.1, 0.15) is 24.6 Å². The summed E-state index contributed by atoms with van der Waals surface area (Å²) < 4.78 is 14.4. The van der Waals surface area contributed by atoms with Crippen molar-refractivity contribution >= 4 is 21.6 Å². The van der Waals surface area contributed by atoms with Gasteiger partial charge in [0.1, 0.15) is 13.2 Å². The Morgan fingerprint density at radius 3 is 2.76 bits per heavy atom. The van der Waals surface area contributed by atoms with E-state index in [1.807, 2.05) is 24.7 Å². The van der Waals surface area contributed by atoms with Gasteiger partial charge in [0, 0.05) is 28.8 Å². The Balaban J connectivity index is 1.52. The van der Waals surface area contributed by atoms with E-state index in [1.165, 1.54) is 18.5 Å². The van der Waals surface area contributed by atoms with Crippen LogP contribution >= 0.6 is 15.9 Å². The van der Waals surface area contributed by atoms with Crippen molar-refractivity contribution in [3.8, 4) is 11.5 Å². The second-order valence-corrected chi connectivity index (χ2v) is 6.21. The molecule has 1 aliphatic heterocycles. The molecule has 0 bridgehead atoms. The van der Waals surface area contributed by atoms with Crippen LogP contribution in [-0.4, -0.2) is 22.8 Å². The highest BCUT2D eigenvalue weighted by Gasteiger charge is 2.25. The number of rotatable bonds is 4. The summed E-state index contributed by atoms with van der Waals surface area (Å²) in [6.45, 7) is 1.95. The lowest BCUT2D eigenvalue weighted by atomic mass is 10.2. The van der Waals surface area contributed by atoms with Crippen molar-refractivity contribution in [1.29, 1.82) is 0 Å². The van der Waals surface area contributed by atoms with Crippen LogP contribution in [0.15, 0.2) is 29.1 Å². The fraction of sp³-hybridized carbons (Fsp3) is 0.400. The monoisotopic (exact) mass is 349 g/mol. The molecule has 1 aromatic heterocycles. The van der Waals surface area contributed by atoms with Crippen molar-refractivity contribution in [2.75, 3.05) is 18.5 Å². The Morgan fingerprint density at radius 1 is 1.24 bits per heavy atom. The van der Waals surface area contributed by atoms with E-state index in [-0.39, 0.29) is 0 Å². The normalized spacial score (nSPS) is 16.8. The van der Waals surface area contributed by atoms with Crippen LogP contribution in [-0.2, 0) is 6.54 Å². The number of fused-ring (bicyclic) bond motifs is 1. The SMILES string of the molecule is Brc1cc2c(cc1NCc1cncn1C1CC1)OCCO2. The number of aromatic nitrogens is 2. The predicted octanol–water partition coefficient (Wildman–Crippen LogP) is 3.36. The highest BCUT2D eigenvalue weighted by molar-refractivity contribution is 9.10. The van der Waals surface area contributed by atoms with Gasteiger partial charge in [0.25, 0.3) is 0 Å². The first-order valence-electron chi connectivity index (χ1n) is 7.15. The van der Waals surface area contributed by atoms with Crippen molar-refractivity contribution in [2.24, 2.45) is 0 Å². The molecule has 21 heavy (non-hydrogen) atoms. The Morgan fingerprint density at radius 2 is 2.00 bits per heavy atom. The van der Waals surface area contributed by atoms with Gasteiger partial charge in [-0.2, -0.15) is 0 Å². The third kappa shape index (κ3) is 2.60. The molecule has 2 aromatic rings. The van der Waals surface area contributed by atoms with E-state index in [0.717, 1.165) is 28.2 Å². The van der Waals surface area contributed by atoms with Gasteiger partial charge >= 0.3 is 0 Å². The molecule has 0 atom stereocenters. The minimum absolute atomic E-state index is 0.600. The second-order valence-electron chi connectivity index (χ2n) is 5.35. The quantitative estimate of drug-likeness (QED) is 0.919. The lowest BCUT2D eigenvalue weighted by Crippen LogP contribution is -2.15. The Hall–Kier alpha value is -1.69. The predicted molar refractivity (Wildman–Crippen MR) is 83.0 cm³/mol. The van der Waals surface area contributed by atoms with Crippen molar-refractivity contribution < 1.29 is 9.47 Å². The fourth-order valence-electron chi connectivity index (χ4n) is 2.54. The number of ether oxygens (including phenoxy) is 2. The third-order valence-corrected chi connectivity index (χ3v) is 4.43. The van der Waals surface area contributed by atoms with Gasteiger partial charge in [-0.1, -0.05) is 0 Å². The summed E-state index contributed by atoms with van der Waals surface area (Å²) in [7, 11) is 0. The molecule has 0 unspecified atom stereocenters. The van der Waals surface area contributed by atoms with Gasteiger partial charge in [0.15, 0.2) is 11.5 Å². The smallest absolute Gasteiger partial charge is 0.163 e. The molecule has 2 aliphatic rings. The molecule has 0 saturated heterocycles. The molecule has 0 radical (unpaired) electrons. The standard InChI is InChI=1S/C15H16BrN3O2/c16-12-5-14-15(21-4-3-20-14)6-13(12)18-8-11-7-17-9-19(11)10-1-2-10/h5-7,9-10,18H,1-4,8H2. The Bertz CT molecular complexity index is 667. The van der Waals surface area contributed by atoms with Crippen LogP contribution in [0.2, 0.25) is 0 Å². The van der Waals surface area contributed by atoms with Gasteiger partial charge in [-0.25, -0.2) is 4.98 Å². The highest BCUT2D eigenvalue weighted by atomic mass is 79.9. The molecular formula is C15H16BrN3O2. The third-order valence-electron chi connectivity index (χ3n) is 3.78. The maximum atomic E-state index is 5.62. The molecule has 0 amide bonds. The van der Waals surface area contributed by atoms with Crippen LogP contribution in [0.4, 0.5) is 5.69 Å². The number of anilines is 1. The molecule has 4 rings (SSSR count). The van der Waals surface area contributed by atoms with Crippen LogP contribution in [0, 0.1) is 0 Å². The molecule has 2 heterocycles. The van der Waals surface area contributed by atoms with E-state index in [0.29, 0.717) is 19.3 Å². The van der Waals surface area contributed by atoms with Crippen LogP contribution in [0.25, 0.3) is 0 Å². The van der Waals surface area contributed by atoms with Gasteiger partial charge in [-0.15, -0.1) is 0 Å². The maximum absolute atomic E-state index is 5.62. The molecule has 0 spiro atoms. The second kappa shape index (κ2) is 5.26. The molecule has 1 saturated carbocycles. The number of imidazole rings is 1. The first kappa shape index (κ1) is 13.0. The minimum Gasteiger partial charge on any atom is -0.486 e. The summed E-state index contributed by atoms with van der Waals surface area (Å²) >= 11 is 3.58. The van der Waals surface area contributed by atoms with E-state index in [9.17, 15) is 0 Å². The van der Waals surface area contributed by atoms with E-state index in [1.54, 1.807) is 0 Å². The molecule has 5 nitrogen and oxygen atoms in total. The summed E-state index contributed by atoms with van der Waals surface area (Å²) in [5, 5.41) is 3.45. The van der Waals surface area contributed by atoms with Crippen molar-refractivity contribution in [3.63, 3.8) is 0 Å². The molecule has 110 valence electrons. The highest BCUT2D eigenvalue weighted by Crippen LogP contribution is 2.39. The number of nitrogens with zero attached hydrogens (tertiary/aromatic N) is 2. The van der Waals surface area contributed by atoms with Gasteiger partial charge in [0.2, 0.25) is 0 Å². The van der Waals surface area contributed by atoms with Crippen molar-refractivity contribution in [1.82, 2.24) is 9.55 Å². The van der Waals surface area contributed by atoms with Gasteiger partial charge in [0.05, 0.1) is 24.3 Å². The number of halogens is 1. The van der Waals surface area contributed by atoms with E-state index >= 15 is 0 Å². The zero-order chi connectivity index (χ0) is 14.2. The fourth-order valence-corrected chi connectivity index (χ4v) is 3.00. The Labute approximate surface area is 131 Å². The molecule has 1 fully saturated rings. The first-order chi connectivity index (χ1) is 10.3. The molecular weight excluding hydrogens is 334 g/mol. The number of hydrogen-bond acceptors (Lipinski definition) is 4. The molecule has 1 aliphatic carbocycles. The van der Waals surface area contributed by atoms with Gasteiger partial charge in [-0.05, 0) is 28.8 Å². The van der Waals surface area contributed by atoms with Crippen LogP contribution in [0.3, 0.4) is 0 Å². The first-order valence-corrected chi connectivity index (χ1v) is 7.94. The molecule has 6 heteroatoms. The summed E-state index contributed by atoms with van der Waals surface area (Å²) in [5.74, 6) is 1.59. The van der Waals surface area contributed by atoms with Crippen molar-refractivity contribution in [2.45, 2.75) is 25.4 Å². The summed E-state index contributed by atoms with van der Waals surface area (Å²) in [4.78, 5) is 4.25. The summed E-state index contributed by atoms with van der Waals surface area (Å²) in [6, 6.07) is 4.58. The van der Waals surface area contributed by atoms with E-state index < -0.39 is 0 Å². The average molecular weight is 350 g/mol. The average Bonchev–Trinajstić information content (AvgIpc) is 3.24. The lowest BCUT2D eigenvalue weighted by Gasteiger charge is -2.20. The lowest BCUT2D eigenvalue weighted by molar-refractivity contribution is 0.171. The molecule has 1 N–H and O–H groups in total. The van der Waals surface area contributed by atoms with E-state index in [2.05, 4.69) is 30.8 Å². The van der Waals surface area contributed by atoms with Crippen molar-refractivity contribution in [3.05, 3.63) is 34.8 Å².